The number of hydrogen-bond acceptors (Lipinski definition) is 4. The average Bonchev–Trinajstić information content (AvgIpc) is 3.84. The molecule has 10 rings (SSSR count). The molecule has 9 heteroatoms. The fourth-order valence-corrected chi connectivity index (χ4v) is 13.7. The van der Waals surface area contributed by atoms with E-state index >= 15 is 8.78 Å². The molecule has 0 saturated carbocycles. The third kappa shape index (κ3) is 7.47. The number of aromatic hydroxyl groups is 2. The van der Waals surface area contributed by atoms with E-state index in [1.165, 1.54) is 24.3 Å². The average molecular weight is 907 g/mol. The third-order valence-corrected chi connectivity index (χ3v) is 19.8. The number of ether oxygens (including phenoxy) is 2. The SMILES string of the molecule is Cc1cc(-c2cc(F)ccc2OC[Si](COc2ccc(F)cc2-c2cc(C)cc(-n3c4ccccc4c4ccccc43)c2O)(C(C)C)C(C)C)c(O)c(-n2c3ccccc3c3ccccc32)c1. The number of aryl methyl sites for hydroxylation is 2. The van der Waals surface area contributed by atoms with E-state index in [0.717, 1.165) is 54.7 Å². The molecular formula is C58H52F2N2O4Si. The molecule has 0 aliphatic heterocycles. The fourth-order valence-electron chi connectivity index (χ4n) is 10.1. The summed E-state index contributed by atoms with van der Waals surface area (Å²) in [4.78, 5) is 0. The molecule has 0 unspecified atom stereocenters. The van der Waals surface area contributed by atoms with E-state index in [-0.39, 0.29) is 22.6 Å². The van der Waals surface area contributed by atoms with Crippen molar-refractivity contribution in [2.24, 2.45) is 0 Å². The predicted octanol–water partition coefficient (Wildman–Crippen LogP) is 15.3. The van der Waals surface area contributed by atoms with Crippen molar-refractivity contribution in [3.05, 3.63) is 180 Å². The first-order valence-electron chi connectivity index (χ1n) is 22.8. The van der Waals surface area contributed by atoms with Crippen molar-refractivity contribution in [1.29, 1.82) is 0 Å². The first kappa shape index (κ1) is 43.5. The van der Waals surface area contributed by atoms with Gasteiger partial charge in [-0.2, -0.15) is 0 Å². The van der Waals surface area contributed by atoms with Crippen molar-refractivity contribution in [2.45, 2.75) is 52.6 Å². The number of halogens is 2. The molecule has 2 aromatic heterocycles. The van der Waals surface area contributed by atoms with Crippen LogP contribution in [0.3, 0.4) is 0 Å². The van der Waals surface area contributed by atoms with Crippen LogP contribution in [-0.4, -0.2) is 39.9 Å². The number of benzene rings is 8. The zero-order chi connectivity index (χ0) is 46.7. The van der Waals surface area contributed by atoms with Gasteiger partial charge < -0.3 is 28.8 Å². The van der Waals surface area contributed by atoms with Crippen molar-refractivity contribution < 1.29 is 28.5 Å². The molecule has 0 amide bonds. The Morgan fingerprint density at radius 3 is 1.10 bits per heavy atom. The molecule has 2 N–H and O–H groups in total. The number of fused-ring (bicyclic) bond motifs is 6. The van der Waals surface area contributed by atoms with E-state index in [4.69, 9.17) is 9.47 Å². The summed E-state index contributed by atoms with van der Waals surface area (Å²) in [5, 5.41) is 28.8. The van der Waals surface area contributed by atoms with E-state index in [1.807, 2.05) is 111 Å². The maximum atomic E-state index is 15.4. The lowest BCUT2D eigenvalue weighted by molar-refractivity contribution is 0.334. The first-order valence-corrected chi connectivity index (χ1v) is 25.4. The quantitative estimate of drug-likeness (QED) is 0.120. The Morgan fingerprint density at radius 2 is 0.776 bits per heavy atom. The van der Waals surface area contributed by atoms with Crippen LogP contribution in [-0.2, 0) is 0 Å². The molecule has 336 valence electrons. The van der Waals surface area contributed by atoms with Crippen LogP contribution in [0.5, 0.6) is 23.0 Å². The highest BCUT2D eigenvalue weighted by Gasteiger charge is 2.43. The van der Waals surface area contributed by atoms with Crippen molar-refractivity contribution in [2.75, 3.05) is 12.5 Å². The Morgan fingerprint density at radius 1 is 0.448 bits per heavy atom. The summed E-state index contributed by atoms with van der Waals surface area (Å²) < 4.78 is 48.7. The van der Waals surface area contributed by atoms with Gasteiger partial charge >= 0.3 is 0 Å². The second kappa shape index (κ2) is 17.1. The van der Waals surface area contributed by atoms with E-state index in [9.17, 15) is 10.2 Å². The normalized spacial score (nSPS) is 12.1. The van der Waals surface area contributed by atoms with Gasteiger partial charge in [-0.3, -0.25) is 0 Å². The smallest absolute Gasteiger partial charge is 0.147 e. The van der Waals surface area contributed by atoms with Crippen LogP contribution in [0.25, 0.3) is 77.2 Å². The Labute approximate surface area is 389 Å². The van der Waals surface area contributed by atoms with Crippen molar-refractivity contribution in [1.82, 2.24) is 9.13 Å². The van der Waals surface area contributed by atoms with Gasteiger partial charge in [0.1, 0.15) is 42.7 Å². The summed E-state index contributed by atoms with van der Waals surface area (Å²) >= 11 is 0. The molecule has 0 spiro atoms. The number of para-hydroxylation sites is 4. The van der Waals surface area contributed by atoms with Crippen LogP contribution in [0.4, 0.5) is 8.78 Å². The lowest BCUT2D eigenvalue weighted by Gasteiger charge is -2.38. The molecule has 67 heavy (non-hydrogen) atoms. The van der Waals surface area contributed by atoms with Gasteiger partial charge in [0.05, 0.1) is 45.9 Å². The zero-order valence-corrected chi connectivity index (χ0v) is 39.4. The van der Waals surface area contributed by atoms with Gasteiger partial charge in [-0.05, 0) is 121 Å². The minimum Gasteiger partial charge on any atom is -0.505 e. The fraction of sp³-hybridized carbons (Fsp3) is 0.172. The third-order valence-electron chi connectivity index (χ3n) is 13.9. The predicted molar refractivity (Wildman–Crippen MR) is 272 cm³/mol. The van der Waals surface area contributed by atoms with Gasteiger partial charge in [-0.25, -0.2) is 8.78 Å². The molecule has 0 fully saturated rings. The van der Waals surface area contributed by atoms with Crippen LogP contribution < -0.4 is 9.47 Å². The van der Waals surface area contributed by atoms with Crippen LogP contribution in [0.2, 0.25) is 11.1 Å². The Bertz CT molecular complexity index is 3200. The lowest BCUT2D eigenvalue weighted by atomic mass is 9.99. The standard InChI is InChI=1S/C58H52F2N2O4Si/c1-35(2)67(36(3)4,33-65-55-25-23-39(59)31-45(55)47-27-37(5)29-53(57(47)63)61-49-19-11-7-15-41(49)42-16-8-12-20-50(42)61)34-66-56-26-24-40(60)32-46(56)48-28-38(6)30-54(58(48)64)62-51-21-13-9-17-43(51)44-18-10-14-22-52(44)62/h7-32,35-36,63-64H,33-34H2,1-6H3. The molecule has 0 radical (unpaired) electrons. The van der Waals surface area contributed by atoms with Crippen LogP contribution >= 0.6 is 0 Å². The monoisotopic (exact) mass is 906 g/mol. The number of aromatic nitrogens is 2. The highest BCUT2D eigenvalue weighted by molar-refractivity contribution is 6.82. The van der Waals surface area contributed by atoms with E-state index in [2.05, 4.69) is 61.1 Å². The molecule has 0 saturated heterocycles. The molecule has 8 aromatic carbocycles. The summed E-state index contributed by atoms with van der Waals surface area (Å²) in [5.74, 6) is 0.00154. The Balaban J connectivity index is 1.01. The van der Waals surface area contributed by atoms with Gasteiger partial charge in [-0.1, -0.05) is 100 Å². The van der Waals surface area contributed by atoms with Crippen LogP contribution in [0.15, 0.2) is 158 Å². The first-order chi connectivity index (χ1) is 32.3. The topological polar surface area (TPSA) is 68.8 Å². The zero-order valence-electron chi connectivity index (χ0n) is 38.4. The summed E-state index contributed by atoms with van der Waals surface area (Å²) in [5.41, 5.74) is 8.83. The molecule has 0 atom stereocenters. The molecule has 0 bridgehead atoms. The molecule has 6 nitrogen and oxygen atoms in total. The number of phenolic OH excluding ortho intramolecular Hbond substituents is 2. The maximum absolute atomic E-state index is 15.4. The van der Waals surface area contributed by atoms with Crippen molar-refractivity contribution in [3.8, 4) is 56.6 Å². The highest BCUT2D eigenvalue weighted by Crippen LogP contribution is 2.46. The number of phenols is 2. The van der Waals surface area contributed by atoms with Crippen molar-refractivity contribution in [3.63, 3.8) is 0 Å². The second-order valence-electron chi connectivity index (χ2n) is 18.5. The van der Waals surface area contributed by atoms with Gasteiger partial charge in [0, 0.05) is 43.8 Å². The summed E-state index contributed by atoms with van der Waals surface area (Å²) in [6.45, 7) is 12.7. The summed E-state index contributed by atoms with van der Waals surface area (Å²) in [7, 11) is -2.64. The van der Waals surface area contributed by atoms with E-state index < -0.39 is 19.7 Å². The molecule has 0 aliphatic carbocycles. The summed E-state index contributed by atoms with van der Waals surface area (Å²) in [6, 6.07) is 49.0. The van der Waals surface area contributed by atoms with Crippen LogP contribution in [0.1, 0.15) is 38.8 Å². The van der Waals surface area contributed by atoms with Gasteiger partial charge in [0.2, 0.25) is 0 Å². The van der Waals surface area contributed by atoms with E-state index in [0.29, 0.717) is 57.6 Å². The Hall–Kier alpha value is -7.36. The molecule has 10 aromatic rings. The molecular weight excluding hydrogens is 855 g/mol. The number of hydrogen-bond donors (Lipinski definition) is 2. The van der Waals surface area contributed by atoms with Crippen molar-refractivity contribution >= 4 is 51.7 Å². The van der Waals surface area contributed by atoms with Gasteiger partial charge in [-0.15, -0.1) is 0 Å². The highest BCUT2D eigenvalue weighted by atomic mass is 28.3. The Kier molecular flexibility index (Phi) is 11.1. The molecule has 0 aliphatic rings. The van der Waals surface area contributed by atoms with Gasteiger partial charge in [0.15, 0.2) is 0 Å². The minimum absolute atomic E-state index is 0.0108. The molecule has 2 heterocycles. The lowest BCUT2D eigenvalue weighted by Crippen LogP contribution is -2.53. The van der Waals surface area contributed by atoms with Crippen LogP contribution in [0, 0.1) is 25.5 Å². The second-order valence-corrected chi connectivity index (χ2v) is 23.9. The largest absolute Gasteiger partial charge is 0.505 e. The summed E-state index contributed by atoms with van der Waals surface area (Å²) in [6.07, 6.45) is 0.634. The van der Waals surface area contributed by atoms with E-state index in [1.54, 1.807) is 12.1 Å². The minimum atomic E-state index is -2.64. The number of nitrogens with zero attached hydrogens (tertiary/aromatic N) is 2. The maximum Gasteiger partial charge on any atom is 0.147 e. The number of rotatable bonds is 12. The van der Waals surface area contributed by atoms with Gasteiger partial charge in [0.25, 0.3) is 0 Å².